The number of anilines is 1. The van der Waals surface area contributed by atoms with Crippen LogP contribution in [0.1, 0.15) is 25.0 Å². The molecule has 1 fully saturated rings. The molecule has 2 aliphatic heterocycles. The van der Waals surface area contributed by atoms with E-state index >= 15 is 0 Å². The van der Waals surface area contributed by atoms with Gasteiger partial charge in [-0.2, -0.15) is 5.26 Å². The molecule has 0 saturated carbocycles. The zero-order valence-corrected chi connectivity index (χ0v) is 19.0. The average Bonchev–Trinajstić information content (AvgIpc) is 3.44. The summed E-state index contributed by atoms with van der Waals surface area (Å²) in [6.45, 7) is 2.15. The summed E-state index contributed by atoms with van der Waals surface area (Å²) < 4.78 is 8.61. The number of amides is 1. The molecule has 1 saturated heterocycles. The van der Waals surface area contributed by atoms with E-state index in [2.05, 4.69) is 33.1 Å². The van der Waals surface area contributed by atoms with Gasteiger partial charge in [-0.25, -0.2) is 4.98 Å². The molecule has 3 heterocycles. The highest BCUT2D eigenvalue weighted by Crippen LogP contribution is 2.35. The molecule has 7 heteroatoms. The molecular weight excluding hydrogens is 426 g/mol. The van der Waals surface area contributed by atoms with Gasteiger partial charge in [0.15, 0.2) is 0 Å². The molecule has 172 valence electrons. The van der Waals surface area contributed by atoms with Crippen molar-refractivity contribution in [1.29, 1.82) is 5.26 Å². The normalized spacial score (nSPS) is 24.8. The lowest BCUT2D eigenvalue weighted by Gasteiger charge is -2.28. The Hall–Kier alpha value is -3.63. The fourth-order valence-electron chi connectivity index (χ4n) is 5.44. The van der Waals surface area contributed by atoms with Crippen molar-refractivity contribution in [3.05, 3.63) is 66.3 Å². The Morgan fingerprint density at radius 2 is 2.18 bits per heavy atom. The fraction of sp³-hybridized carbons (Fsp3) is 0.370. The summed E-state index contributed by atoms with van der Waals surface area (Å²) in [4.78, 5) is 19.5. The molecule has 1 amide bonds. The number of imidazole rings is 1. The number of benzene rings is 2. The van der Waals surface area contributed by atoms with Crippen LogP contribution in [0.5, 0.6) is 5.75 Å². The molecule has 6 rings (SSSR count). The highest BCUT2D eigenvalue weighted by atomic mass is 16.5. The van der Waals surface area contributed by atoms with Gasteiger partial charge >= 0.3 is 0 Å². The fourth-order valence-corrected chi connectivity index (χ4v) is 5.44. The van der Waals surface area contributed by atoms with E-state index in [1.165, 1.54) is 5.57 Å². The number of carbonyl (C=O) groups excluding carboxylic acids is 1. The summed E-state index contributed by atoms with van der Waals surface area (Å²) >= 11 is 0. The maximum atomic E-state index is 13.3. The van der Waals surface area contributed by atoms with Crippen molar-refractivity contribution in [2.45, 2.75) is 44.4 Å². The highest BCUT2D eigenvalue weighted by Gasteiger charge is 2.33. The number of nitrogens with one attached hydrogen (secondary N) is 1. The van der Waals surface area contributed by atoms with Gasteiger partial charge in [0.2, 0.25) is 5.91 Å². The Balaban J connectivity index is 1.41. The van der Waals surface area contributed by atoms with Crippen LogP contribution in [0.2, 0.25) is 0 Å². The van der Waals surface area contributed by atoms with Crippen LogP contribution in [0.15, 0.2) is 60.6 Å². The predicted molar refractivity (Wildman–Crippen MR) is 129 cm³/mol. The molecular formula is C27H27N5O2. The van der Waals surface area contributed by atoms with Gasteiger partial charge in [-0.3, -0.25) is 4.79 Å². The summed E-state index contributed by atoms with van der Waals surface area (Å²) in [7, 11) is 0. The molecule has 1 N–H and O–H groups in total. The molecule has 1 aromatic heterocycles. The van der Waals surface area contributed by atoms with E-state index in [9.17, 15) is 10.1 Å². The van der Waals surface area contributed by atoms with Crippen molar-refractivity contribution < 1.29 is 9.53 Å². The van der Waals surface area contributed by atoms with Crippen molar-refractivity contribution in [2.75, 3.05) is 18.0 Å². The van der Waals surface area contributed by atoms with Crippen molar-refractivity contribution in [3.8, 4) is 11.8 Å². The molecule has 7 nitrogen and oxygen atoms in total. The Morgan fingerprint density at radius 1 is 1.24 bits per heavy atom. The minimum Gasteiger partial charge on any atom is -0.489 e. The first-order valence-electron chi connectivity index (χ1n) is 12.0. The number of rotatable bonds is 0. The third kappa shape index (κ3) is 3.74. The van der Waals surface area contributed by atoms with E-state index in [0.29, 0.717) is 19.4 Å². The molecule has 1 aliphatic carbocycles. The Labute approximate surface area is 198 Å². The van der Waals surface area contributed by atoms with Crippen LogP contribution in [-0.4, -0.2) is 40.7 Å². The average molecular weight is 454 g/mol. The van der Waals surface area contributed by atoms with Gasteiger partial charge in [0.05, 0.1) is 30.0 Å². The van der Waals surface area contributed by atoms with Gasteiger partial charge in [-0.1, -0.05) is 29.8 Å². The summed E-state index contributed by atoms with van der Waals surface area (Å²) in [6.07, 6.45) is 8.72. The molecule has 0 spiro atoms. The Bertz CT molecular complexity index is 1320. The number of nitriles is 1. The lowest BCUT2D eigenvalue weighted by Crippen LogP contribution is -2.39. The van der Waals surface area contributed by atoms with Crippen molar-refractivity contribution in [3.63, 3.8) is 0 Å². The van der Waals surface area contributed by atoms with Crippen LogP contribution >= 0.6 is 0 Å². The number of nitrogens with zero attached hydrogens (tertiary/aromatic N) is 4. The number of hydrogen-bond acceptors (Lipinski definition) is 5. The smallest absolute Gasteiger partial charge is 0.244 e. The maximum absolute atomic E-state index is 13.3. The minimum absolute atomic E-state index is 0.113. The SMILES string of the molecule is N#CC1CC=C2CC1Oc1ccc3cccc(c3c1)N1CC[C@H](NCCc3cncn3C2)C1=O. The Morgan fingerprint density at radius 3 is 3.09 bits per heavy atom. The molecule has 3 atom stereocenters. The number of carbonyl (C=O) groups is 1. The first-order chi connectivity index (χ1) is 16.7. The van der Waals surface area contributed by atoms with Gasteiger partial charge in [0.1, 0.15) is 11.9 Å². The first-order valence-corrected chi connectivity index (χ1v) is 12.0. The second-order valence-electron chi connectivity index (χ2n) is 9.40. The molecule has 0 radical (unpaired) electrons. The minimum atomic E-state index is -0.211. The van der Waals surface area contributed by atoms with Gasteiger partial charge in [-0.15, -0.1) is 0 Å². The van der Waals surface area contributed by atoms with Gasteiger partial charge in [-0.05, 0) is 36.4 Å². The van der Waals surface area contributed by atoms with E-state index in [1.54, 1.807) is 0 Å². The van der Waals surface area contributed by atoms with Crippen molar-refractivity contribution in [1.82, 2.24) is 14.9 Å². The summed E-state index contributed by atoms with van der Waals surface area (Å²) in [5, 5.41) is 15.3. The van der Waals surface area contributed by atoms with Crippen LogP contribution in [0, 0.1) is 17.2 Å². The third-order valence-electron chi connectivity index (χ3n) is 7.30. The predicted octanol–water partition coefficient (Wildman–Crippen LogP) is 3.59. The molecule has 34 heavy (non-hydrogen) atoms. The van der Waals surface area contributed by atoms with E-state index in [-0.39, 0.29) is 24.0 Å². The van der Waals surface area contributed by atoms with E-state index in [4.69, 9.17) is 4.74 Å². The van der Waals surface area contributed by atoms with Gasteiger partial charge in [0.25, 0.3) is 0 Å². The lowest BCUT2D eigenvalue weighted by molar-refractivity contribution is -0.118. The van der Waals surface area contributed by atoms with E-state index < -0.39 is 0 Å². The monoisotopic (exact) mass is 453 g/mol. The lowest BCUT2D eigenvalue weighted by atomic mass is 9.87. The number of ether oxygens (including phenoxy) is 1. The van der Waals surface area contributed by atoms with Crippen LogP contribution < -0.4 is 15.0 Å². The third-order valence-corrected chi connectivity index (χ3v) is 7.30. The zero-order chi connectivity index (χ0) is 23.1. The van der Waals surface area contributed by atoms with Crippen molar-refractivity contribution in [2.24, 2.45) is 5.92 Å². The Kier molecular flexibility index (Phi) is 5.31. The standard InChI is InChI=1S/C27H27N5O2/c28-14-20-5-4-18-12-26(20)34-22-7-6-19-2-1-3-25(23(19)13-22)32-11-9-24(27(32)33)30-10-8-21-15-29-17-31(21)16-18/h1-4,6-7,13,15,17,20,24,26,30H,5,8-12,16H2/t20?,24-,26?/m0/s1. The van der Waals surface area contributed by atoms with E-state index in [0.717, 1.165) is 53.8 Å². The first kappa shape index (κ1) is 20.9. The summed E-state index contributed by atoms with van der Waals surface area (Å²) in [6, 6.07) is 14.4. The molecule has 3 aliphatic rings. The number of fused-ring (bicyclic) bond motifs is 7. The summed E-state index contributed by atoms with van der Waals surface area (Å²) in [5.74, 6) is 0.659. The maximum Gasteiger partial charge on any atom is 0.244 e. The quantitative estimate of drug-likeness (QED) is 0.526. The molecule has 2 aromatic carbocycles. The molecule has 3 aromatic rings. The molecule has 2 unspecified atom stereocenters. The van der Waals surface area contributed by atoms with Crippen LogP contribution in [0.4, 0.5) is 5.69 Å². The number of aromatic nitrogens is 2. The topological polar surface area (TPSA) is 83.2 Å². The summed E-state index contributed by atoms with van der Waals surface area (Å²) in [5.41, 5.74) is 3.31. The second kappa shape index (κ2) is 8.62. The number of hydrogen-bond donors (Lipinski definition) is 1. The van der Waals surface area contributed by atoms with Crippen molar-refractivity contribution >= 4 is 22.4 Å². The number of allylic oxidation sites excluding steroid dienone is 1. The van der Waals surface area contributed by atoms with Crippen LogP contribution in [0.25, 0.3) is 10.8 Å². The second-order valence-corrected chi connectivity index (χ2v) is 9.40. The van der Waals surface area contributed by atoms with Gasteiger partial charge in [0, 0.05) is 49.8 Å². The largest absolute Gasteiger partial charge is 0.489 e. The van der Waals surface area contributed by atoms with Gasteiger partial charge < -0.3 is 19.5 Å². The van der Waals surface area contributed by atoms with Crippen LogP contribution in [-0.2, 0) is 17.8 Å². The molecule has 6 bridgehead atoms. The van der Waals surface area contributed by atoms with E-state index in [1.807, 2.05) is 47.8 Å². The highest BCUT2D eigenvalue weighted by molar-refractivity contribution is 6.07. The van der Waals surface area contributed by atoms with Crippen LogP contribution in [0.3, 0.4) is 0 Å². The zero-order valence-electron chi connectivity index (χ0n) is 19.0.